The molecule has 0 unspecified atom stereocenters. The smallest absolute Gasteiger partial charge is 0.233 e. The van der Waals surface area contributed by atoms with Crippen LogP contribution in [-0.4, -0.2) is 40.4 Å². The Hall–Kier alpha value is -3.03. The Morgan fingerprint density at radius 3 is 2.87 bits per heavy atom. The van der Waals surface area contributed by atoms with Crippen molar-refractivity contribution in [2.75, 3.05) is 24.7 Å². The number of nitrogens with zero attached hydrogens (tertiary/aromatic N) is 4. The van der Waals surface area contributed by atoms with E-state index in [4.69, 9.17) is 14.4 Å². The Labute approximate surface area is 182 Å². The molecule has 0 saturated carbocycles. The summed E-state index contributed by atoms with van der Waals surface area (Å²) in [6.45, 7) is 1.33. The van der Waals surface area contributed by atoms with E-state index in [-0.39, 0.29) is 18.1 Å². The summed E-state index contributed by atoms with van der Waals surface area (Å²) >= 11 is 2.73. The zero-order valence-electron chi connectivity index (χ0n) is 16.4. The normalized spacial score (nSPS) is 10.4. The summed E-state index contributed by atoms with van der Waals surface area (Å²) in [5, 5.41) is 21.0. The Morgan fingerprint density at radius 2 is 2.17 bits per heavy atom. The lowest BCUT2D eigenvalue weighted by atomic mass is 10.2. The lowest BCUT2D eigenvalue weighted by Crippen LogP contribution is -2.32. The number of nitrogens with one attached hydrogen (secondary N) is 1. The van der Waals surface area contributed by atoms with E-state index in [0.717, 1.165) is 11.3 Å². The summed E-state index contributed by atoms with van der Waals surface area (Å²) in [6.07, 6.45) is 1.84. The van der Waals surface area contributed by atoms with E-state index in [0.29, 0.717) is 34.9 Å². The highest BCUT2D eigenvalue weighted by Crippen LogP contribution is 2.26. The minimum absolute atomic E-state index is 0.0745. The molecule has 3 aromatic rings. The summed E-state index contributed by atoms with van der Waals surface area (Å²) in [4.78, 5) is 14.2. The van der Waals surface area contributed by atoms with Crippen molar-refractivity contribution in [3.05, 3.63) is 54.0 Å². The predicted octanol–water partition coefficient (Wildman–Crippen LogP) is 3.79. The Bertz CT molecular complexity index is 967. The van der Waals surface area contributed by atoms with Gasteiger partial charge in [-0.3, -0.25) is 4.79 Å². The predicted molar refractivity (Wildman–Crippen MR) is 115 cm³/mol. The number of anilines is 1. The highest BCUT2D eigenvalue weighted by atomic mass is 32.2. The molecule has 0 radical (unpaired) electrons. The van der Waals surface area contributed by atoms with Crippen molar-refractivity contribution in [1.29, 1.82) is 5.26 Å². The van der Waals surface area contributed by atoms with Gasteiger partial charge < -0.3 is 19.4 Å². The molecule has 0 bridgehead atoms. The number of hydrogen-bond donors (Lipinski definition) is 1. The maximum atomic E-state index is 12.6. The summed E-state index contributed by atoms with van der Waals surface area (Å²) < 4.78 is 11.2. The van der Waals surface area contributed by atoms with Gasteiger partial charge in [0.25, 0.3) is 0 Å². The topological polar surface area (TPSA) is 104 Å². The number of carbonyl (C=O) groups excluding carboxylic acids is 1. The number of aromatic nitrogens is 2. The zero-order valence-corrected chi connectivity index (χ0v) is 18.0. The van der Waals surface area contributed by atoms with Crippen LogP contribution in [0.4, 0.5) is 5.13 Å². The number of thioether (sulfide) groups is 1. The van der Waals surface area contributed by atoms with E-state index in [1.54, 1.807) is 24.3 Å². The minimum Gasteiger partial charge on any atom is -0.497 e. The molecule has 0 aliphatic rings. The third-order valence-electron chi connectivity index (χ3n) is 4.10. The molecule has 0 spiro atoms. The molecule has 0 fully saturated rings. The average molecular weight is 444 g/mol. The van der Waals surface area contributed by atoms with Crippen LogP contribution in [-0.2, 0) is 17.9 Å². The quantitative estimate of drug-likeness (QED) is 0.447. The van der Waals surface area contributed by atoms with Crippen LogP contribution in [0.5, 0.6) is 5.75 Å². The number of ether oxygens (including phenoxy) is 1. The van der Waals surface area contributed by atoms with E-state index >= 15 is 0 Å². The average Bonchev–Trinajstić information content (AvgIpc) is 3.46. The van der Waals surface area contributed by atoms with E-state index in [1.165, 1.54) is 23.1 Å². The van der Waals surface area contributed by atoms with Gasteiger partial charge in [0.05, 0.1) is 38.2 Å². The molecule has 10 heteroatoms. The van der Waals surface area contributed by atoms with Crippen LogP contribution in [0, 0.1) is 11.3 Å². The van der Waals surface area contributed by atoms with Crippen molar-refractivity contribution in [2.45, 2.75) is 23.8 Å². The number of amides is 1. The third kappa shape index (κ3) is 6.50. The first-order chi connectivity index (χ1) is 14.7. The van der Waals surface area contributed by atoms with Crippen LogP contribution in [0.15, 0.2) is 51.4 Å². The van der Waals surface area contributed by atoms with Gasteiger partial charge in [-0.1, -0.05) is 35.2 Å². The number of benzene rings is 1. The number of rotatable bonds is 11. The molecule has 0 atom stereocenters. The molecule has 2 aromatic heterocycles. The van der Waals surface area contributed by atoms with Crippen LogP contribution in [0.3, 0.4) is 0 Å². The lowest BCUT2D eigenvalue weighted by molar-refractivity contribution is -0.129. The molecular formula is C20H21N5O3S2. The van der Waals surface area contributed by atoms with Gasteiger partial charge in [0.1, 0.15) is 11.5 Å². The van der Waals surface area contributed by atoms with E-state index in [1.807, 2.05) is 30.3 Å². The van der Waals surface area contributed by atoms with Crippen molar-refractivity contribution in [2.24, 2.45) is 0 Å². The molecule has 156 valence electrons. The number of carbonyl (C=O) groups is 1. The molecule has 1 N–H and O–H groups in total. The first kappa shape index (κ1) is 21.7. The highest BCUT2D eigenvalue weighted by Gasteiger charge is 2.16. The summed E-state index contributed by atoms with van der Waals surface area (Å²) in [5.74, 6) is 1.65. The molecule has 1 aromatic carbocycles. The molecule has 8 nitrogen and oxygen atoms in total. The van der Waals surface area contributed by atoms with Gasteiger partial charge in [0, 0.05) is 13.1 Å². The van der Waals surface area contributed by atoms with Gasteiger partial charge in [-0.2, -0.15) is 5.26 Å². The van der Waals surface area contributed by atoms with Gasteiger partial charge in [0.2, 0.25) is 11.0 Å². The monoisotopic (exact) mass is 443 g/mol. The summed E-state index contributed by atoms with van der Waals surface area (Å²) in [6, 6.07) is 13.4. The maximum absolute atomic E-state index is 12.6. The number of nitriles is 1. The number of furan rings is 1. The van der Waals surface area contributed by atoms with Crippen LogP contribution < -0.4 is 10.1 Å². The van der Waals surface area contributed by atoms with Crippen LogP contribution in [0.25, 0.3) is 0 Å². The molecule has 0 aliphatic heterocycles. The zero-order chi connectivity index (χ0) is 21.2. The Balaban J connectivity index is 1.49. The van der Waals surface area contributed by atoms with Crippen molar-refractivity contribution in [1.82, 2.24) is 15.1 Å². The SMILES string of the molecule is COc1ccc(CNc2nnc(SCC(=O)N(CCC#N)Cc3ccco3)s2)cc1. The van der Waals surface area contributed by atoms with Crippen molar-refractivity contribution in [3.8, 4) is 11.8 Å². The fourth-order valence-electron chi connectivity index (χ4n) is 2.54. The summed E-state index contributed by atoms with van der Waals surface area (Å²) in [5.41, 5.74) is 1.10. The van der Waals surface area contributed by atoms with Crippen molar-refractivity contribution < 1.29 is 13.9 Å². The second-order valence-corrected chi connectivity index (χ2v) is 8.37. The van der Waals surface area contributed by atoms with E-state index in [9.17, 15) is 4.79 Å². The van der Waals surface area contributed by atoms with Gasteiger partial charge in [-0.25, -0.2) is 0 Å². The van der Waals surface area contributed by atoms with Crippen molar-refractivity contribution >= 4 is 34.1 Å². The fourth-order valence-corrected chi connectivity index (χ4v) is 4.19. The molecule has 2 heterocycles. The van der Waals surface area contributed by atoms with E-state index in [2.05, 4.69) is 21.6 Å². The van der Waals surface area contributed by atoms with Crippen LogP contribution in [0.1, 0.15) is 17.7 Å². The largest absolute Gasteiger partial charge is 0.497 e. The van der Waals surface area contributed by atoms with Crippen molar-refractivity contribution in [3.63, 3.8) is 0 Å². The molecule has 0 saturated heterocycles. The van der Waals surface area contributed by atoms with Gasteiger partial charge in [-0.05, 0) is 29.8 Å². The Kier molecular flexibility index (Phi) is 8.11. The van der Waals surface area contributed by atoms with Gasteiger partial charge >= 0.3 is 0 Å². The molecule has 1 amide bonds. The standard InChI is InChI=1S/C20H21N5O3S2/c1-27-16-7-5-15(6-8-16)12-22-19-23-24-20(30-19)29-14-18(26)25(10-3-9-21)13-17-4-2-11-28-17/h2,4-8,11H,3,10,12-14H2,1H3,(H,22,23). The molecule has 3 rings (SSSR count). The highest BCUT2D eigenvalue weighted by molar-refractivity contribution is 8.01. The number of hydrogen-bond acceptors (Lipinski definition) is 9. The second-order valence-electron chi connectivity index (χ2n) is 6.17. The first-order valence-corrected chi connectivity index (χ1v) is 11.0. The first-order valence-electron chi connectivity index (χ1n) is 9.18. The van der Waals surface area contributed by atoms with Crippen LogP contribution in [0.2, 0.25) is 0 Å². The lowest BCUT2D eigenvalue weighted by Gasteiger charge is -2.19. The van der Waals surface area contributed by atoms with Crippen LogP contribution >= 0.6 is 23.1 Å². The third-order valence-corrected chi connectivity index (χ3v) is 6.10. The molecule has 0 aliphatic carbocycles. The number of methoxy groups -OCH3 is 1. The molecule has 30 heavy (non-hydrogen) atoms. The fraction of sp³-hybridized carbons (Fsp3) is 0.300. The minimum atomic E-state index is -0.0745. The second kappa shape index (κ2) is 11.2. The van der Waals surface area contributed by atoms with Gasteiger partial charge in [-0.15, -0.1) is 10.2 Å². The summed E-state index contributed by atoms with van der Waals surface area (Å²) in [7, 11) is 1.64. The molecular weight excluding hydrogens is 422 g/mol. The maximum Gasteiger partial charge on any atom is 0.233 e. The van der Waals surface area contributed by atoms with Gasteiger partial charge in [0.15, 0.2) is 4.34 Å². The van der Waals surface area contributed by atoms with E-state index < -0.39 is 0 Å². The Morgan fingerprint density at radius 1 is 1.33 bits per heavy atom.